The average Bonchev–Trinajstić information content (AvgIpc) is 2.95. The highest BCUT2D eigenvalue weighted by Gasteiger charge is 2.21. The van der Waals surface area contributed by atoms with Crippen molar-refractivity contribution >= 4 is 16.8 Å². The maximum Gasteiger partial charge on any atom is 0.254 e. The van der Waals surface area contributed by atoms with Crippen molar-refractivity contribution in [1.82, 2.24) is 14.8 Å². The van der Waals surface area contributed by atoms with E-state index in [2.05, 4.69) is 9.88 Å². The molecular formula is C15H20N4O. The number of fused-ring (bicyclic) bond motifs is 1. The highest BCUT2D eigenvalue weighted by molar-refractivity contribution is 5.98. The molecule has 1 saturated heterocycles. The number of hydrogen-bond acceptors (Lipinski definition) is 3. The van der Waals surface area contributed by atoms with Crippen molar-refractivity contribution in [3.8, 4) is 0 Å². The molecule has 3 N–H and O–H groups in total. The molecule has 20 heavy (non-hydrogen) atoms. The number of amides is 1. The van der Waals surface area contributed by atoms with E-state index in [1.807, 2.05) is 35.4 Å². The first-order valence-electron chi connectivity index (χ1n) is 7.07. The van der Waals surface area contributed by atoms with Crippen molar-refractivity contribution < 1.29 is 4.79 Å². The van der Waals surface area contributed by atoms with Gasteiger partial charge in [0.25, 0.3) is 5.91 Å². The topological polar surface area (TPSA) is 65.4 Å². The minimum atomic E-state index is 0.119. The SMILES string of the molecule is NCCN1CCN(C(=O)c2ccc3cc[nH]c3c2)CC1. The lowest BCUT2D eigenvalue weighted by Crippen LogP contribution is -2.49. The Morgan fingerprint density at radius 1 is 1.20 bits per heavy atom. The molecule has 1 aliphatic heterocycles. The van der Waals surface area contributed by atoms with E-state index in [9.17, 15) is 4.79 Å². The summed E-state index contributed by atoms with van der Waals surface area (Å²) in [5, 5.41) is 1.13. The van der Waals surface area contributed by atoms with Gasteiger partial charge in [-0.2, -0.15) is 0 Å². The predicted octanol–water partition coefficient (Wildman–Crippen LogP) is 0.884. The van der Waals surface area contributed by atoms with Crippen LogP contribution in [0.4, 0.5) is 0 Å². The van der Waals surface area contributed by atoms with E-state index < -0.39 is 0 Å². The summed E-state index contributed by atoms with van der Waals surface area (Å²) >= 11 is 0. The number of aromatic nitrogens is 1. The molecule has 0 unspecified atom stereocenters. The van der Waals surface area contributed by atoms with Crippen molar-refractivity contribution in [2.45, 2.75) is 0 Å². The molecule has 1 aliphatic rings. The zero-order valence-electron chi connectivity index (χ0n) is 11.5. The van der Waals surface area contributed by atoms with Crippen LogP contribution < -0.4 is 5.73 Å². The van der Waals surface area contributed by atoms with Crippen LogP contribution in [0.2, 0.25) is 0 Å². The van der Waals surface area contributed by atoms with Gasteiger partial charge in [-0.15, -0.1) is 0 Å². The van der Waals surface area contributed by atoms with Gasteiger partial charge in [-0.25, -0.2) is 0 Å². The van der Waals surface area contributed by atoms with Gasteiger partial charge in [0.1, 0.15) is 0 Å². The third-order valence-electron chi connectivity index (χ3n) is 3.91. The minimum absolute atomic E-state index is 0.119. The molecule has 106 valence electrons. The minimum Gasteiger partial charge on any atom is -0.361 e. The van der Waals surface area contributed by atoms with Crippen LogP contribution in [0.1, 0.15) is 10.4 Å². The quantitative estimate of drug-likeness (QED) is 0.872. The van der Waals surface area contributed by atoms with Crippen molar-refractivity contribution in [1.29, 1.82) is 0 Å². The number of carbonyl (C=O) groups is 1. The molecule has 2 aromatic rings. The normalized spacial score (nSPS) is 16.8. The van der Waals surface area contributed by atoms with Gasteiger partial charge in [0.15, 0.2) is 0 Å². The van der Waals surface area contributed by atoms with Gasteiger partial charge in [0.2, 0.25) is 0 Å². The van der Waals surface area contributed by atoms with Gasteiger partial charge >= 0.3 is 0 Å². The maximum absolute atomic E-state index is 12.5. The van der Waals surface area contributed by atoms with Gasteiger partial charge in [0, 0.05) is 56.5 Å². The molecule has 1 fully saturated rings. The smallest absolute Gasteiger partial charge is 0.254 e. The number of carbonyl (C=O) groups excluding carboxylic acids is 1. The van der Waals surface area contributed by atoms with Crippen LogP contribution in [0.5, 0.6) is 0 Å². The first-order chi connectivity index (χ1) is 9.78. The fourth-order valence-electron chi connectivity index (χ4n) is 2.72. The number of hydrogen-bond donors (Lipinski definition) is 2. The Kier molecular flexibility index (Phi) is 3.71. The van der Waals surface area contributed by atoms with E-state index in [-0.39, 0.29) is 5.91 Å². The Labute approximate surface area is 118 Å². The molecular weight excluding hydrogens is 252 g/mol. The van der Waals surface area contributed by atoms with Crippen LogP contribution >= 0.6 is 0 Å². The number of H-pyrrole nitrogens is 1. The number of nitrogens with zero attached hydrogens (tertiary/aromatic N) is 2. The van der Waals surface area contributed by atoms with Crippen LogP contribution in [0, 0.1) is 0 Å². The third-order valence-corrected chi connectivity index (χ3v) is 3.91. The summed E-state index contributed by atoms with van der Waals surface area (Å²) in [6.45, 7) is 4.97. The lowest BCUT2D eigenvalue weighted by molar-refractivity contribution is 0.0641. The highest BCUT2D eigenvalue weighted by atomic mass is 16.2. The van der Waals surface area contributed by atoms with E-state index in [1.54, 1.807) is 0 Å². The number of aromatic amines is 1. The van der Waals surface area contributed by atoms with Crippen LogP contribution in [0.25, 0.3) is 10.9 Å². The Balaban J connectivity index is 1.69. The van der Waals surface area contributed by atoms with Crippen molar-refractivity contribution in [3.05, 3.63) is 36.0 Å². The second-order valence-electron chi connectivity index (χ2n) is 5.20. The number of rotatable bonds is 3. The van der Waals surface area contributed by atoms with E-state index >= 15 is 0 Å². The molecule has 1 amide bonds. The molecule has 0 radical (unpaired) electrons. The second kappa shape index (κ2) is 5.64. The molecule has 0 bridgehead atoms. The fourth-order valence-corrected chi connectivity index (χ4v) is 2.72. The Morgan fingerprint density at radius 2 is 2.00 bits per heavy atom. The molecule has 0 aliphatic carbocycles. The third kappa shape index (κ3) is 2.55. The standard InChI is InChI=1S/C15H20N4O/c16-4-6-18-7-9-19(10-8-18)15(20)13-2-1-12-3-5-17-14(12)11-13/h1-3,5,11,17H,4,6-10,16H2. The van der Waals surface area contributed by atoms with E-state index in [0.717, 1.165) is 49.2 Å². The zero-order valence-corrected chi connectivity index (χ0v) is 11.5. The average molecular weight is 272 g/mol. The van der Waals surface area contributed by atoms with Crippen molar-refractivity contribution in [2.24, 2.45) is 5.73 Å². The first kappa shape index (κ1) is 13.1. The lowest BCUT2D eigenvalue weighted by atomic mass is 10.1. The van der Waals surface area contributed by atoms with E-state index in [4.69, 9.17) is 5.73 Å². The monoisotopic (exact) mass is 272 g/mol. The molecule has 0 spiro atoms. The first-order valence-corrected chi connectivity index (χ1v) is 7.07. The van der Waals surface area contributed by atoms with Crippen molar-refractivity contribution in [3.63, 3.8) is 0 Å². The summed E-state index contributed by atoms with van der Waals surface area (Å²) in [5.41, 5.74) is 7.33. The molecule has 5 heteroatoms. The van der Waals surface area contributed by atoms with Crippen LogP contribution in [-0.4, -0.2) is 60.0 Å². The molecule has 3 rings (SSSR count). The van der Waals surface area contributed by atoms with E-state index in [0.29, 0.717) is 6.54 Å². The molecule has 0 saturated carbocycles. The van der Waals surface area contributed by atoms with Gasteiger partial charge in [0.05, 0.1) is 0 Å². The zero-order chi connectivity index (χ0) is 13.9. The van der Waals surface area contributed by atoms with Crippen LogP contribution in [0.15, 0.2) is 30.5 Å². The van der Waals surface area contributed by atoms with Gasteiger partial charge in [-0.1, -0.05) is 6.07 Å². The molecule has 5 nitrogen and oxygen atoms in total. The number of nitrogens with one attached hydrogen (secondary N) is 1. The number of nitrogens with two attached hydrogens (primary N) is 1. The van der Waals surface area contributed by atoms with Crippen LogP contribution in [0.3, 0.4) is 0 Å². The molecule has 1 aromatic heterocycles. The highest BCUT2D eigenvalue weighted by Crippen LogP contribution is 2.16. The van der Waals surface area contributed by atoms with Gasteiger partial charge < -0.3 is 15.6 Å². The van der Waals surface area contributed by atoms with E-state index in [1.165, 1.54) is 0 Å². The number of benzene rings is 1. The maximum atomic E-state index is 12.5. The van der Waals surface area contributed by atoms with Crippen molar-refractivity contribution in [2.75, 3.05) is 39.3 Å². The summed E-state index contributed by atoms with van der Waals surface area (Å²) in [4.78, 5) is 19.9. The molecule has 0 atom stereocenters. The predicted molar refractivity (Wildman–Crippen MR) is 79.7 cm³/mol. The summed E-state index contributed by atoms with van der Waals surface area (Å²) in [6.07, 6.45) is 1.89. The Morgan fingerprint density at radius 3 is 2.75 bits per heavy atom. The fraction of sp³-hybridized carbons (Fsp3) is 0.400. The summed E-state index contributed by atoms with van der Waals surface area (Å²) in [6, 6.07) is 7.84. The Hall–Kier alpha value is -1.85. The summed E-state index contributed by atoms with van der Waals surface area (Å²) in [5.74, 6) is 0.119. The molecule has 2 heterocycles. The summed E-state index contributed by atoms with van der Waals surface area (Å²) < 4.78 is 0. The number of piperazine rings is 1. The largest absolute Gasteiger partial charge is 0.361 e. The van der Waals surface area contributed by atoms with Crippen LogP contribution in [-0.2, 0) is 0 Å². The summed E-state index contributed by atoms with van der Waals surface area (Å²) in [7, 11) is 0. The van der Waals surface area contributed by atoms with Gasteiger partial charge in [-0.3, -0.25) is 9.69 Å². The molecule has 1 aromatic carbocycles. The lowest BCUT2D eigenvalue weighted by Gasteiger charge is -2.34. The second-order valence-corrected chi connectivity index (χ2v) is 5.20. The Bertz CT molecular complexity index is 599. The van der Waals surface area contributed by atoms with Gasteiger partial charge in [-0.05, 0) is 23.6 Å².